The molecular formula is C18H17N5O2S. The van der Waals surface area contributed by atoms with Crippen LogP contribution >= 0.6 is 11.3 Å². The number of fused-ring (bicyclic) bond motifs is 2. The predicted octanol–water partition coefficient (Wildman–Crippen LogP) is 1.92. The van der Waals surface area contributed by atoms with E-state index in [4.69, 9.17) is 0 Å². The van der Waals surface area contributed by atoms with Crippen molar-refractivity contribution in [3.8, 4) is 0 Å². The van der Waals surface area contributed by atoms with Crippen molar-refractivity contribution < 1.29 is 4.79 Å². The number of amides is 1. The number of hydrogen-bond donors (Lipinski definition) is 2. The van der Waals surface area contributed by atoms with Crippen LogP contribution in [0.3, 0.4) is 0 Å². The second kappa shape index (κ2) is 7.09. The Bertz CT molecular complexity index is 1100. The van der Waals surface area contributed by atoms with E-state index in [1.54, 1.807) is 17.4 Å². The van der Waals surface area contributed by atoms with Crippen molar-refractivity contribution in [2.75, 3.05) is 6.54 Å². The molecule has 0 spiro atoms. The van der Waals surface area contributed by atoms with Gasteiger partial charge in [-0.2, -0.15) is 0 Å². The third-order valence-electron chi connectivity index (χ3n) is 4.11. The maximum absolute atomic E-state index is 12.0. The smallest absolute Gasteiger partial charge is 0.270 e. The van der Waals surface area contributed by atoms with Crippen molar-refractivity contribution in [2.45, 2.75) is 19.3 Å². The number of nitrogens with zero attached hydrogens (tertiary/aromatic N) is 3. The van der Waals surface area contributed by atoms with Crippen LogP contribution in [0.5, 0.6) is 0 Å². The van der Waals surface area contributed by atoms with Crippen LogP contribution in [0.4, 0.5) is 0 Å². The molecule has 26 heavy (non-hydrogen) atoms. The number of carbonyl (C=O) groups excluding carboxylic acids is 1. The summed E-state index contributed by atoms with van der Waals surface area (Å²) in [6, 6.07) is 7.35. The second-order valence-electron chi connectivity index (χ2n) is 5.95. The lowest BCUT2D eigenvalue weighted by Gasteiger charge is -2.04. The van der Waals surface area contributed by atoms with Gasteiger partial charge in [0.05, 0.1) is 16.7 Å². The zero-order valence-electron chi connectivity index (χ0n) is 13.9. The highest BCUT2D eigenvalue weighted by atomic mass is 32.1. The van der Waals surface area contributed by atoms with E-state index in [1.807, 2.05) is 40.4 Å². The van der Waals surface area contributed by atoms with Gasteiger partial charge in [-0.25, -0.2) is 9.97 Å². The highest BCUT2D eigenvalue weighted by molar-refractivity contribution is 7.15. The Labute approximate surface area is 152 Å². The first-order valence-electron chi connectivity index (χ1n) is 8.35. The first-order chi connectivity index (χ1) is 12.7. The number of rotatable bonds is 6. The number of H-pyrrole nitrogens is 1. The van der Waals surface area contributed by atoms with Gasteiger partial charge in [-0.05, 0) is 12.1 Å². The van der Waals surface area contributed by atoms with E-state index >= 15 is 0 Å². The highest BCUT2D eigenvalue weighted by Crippen LogP contribution is 2.11. The first kappa shape index (κ1) is 16.5. The maximum Gasteiger partial charge on any atom is 0.270 e. The molecule has 0 radical (unpaired) electrons. The summed E-state index contributed by atoms with van der Waals surface area (Å²) in [5.41, 5.74) is 2.51. The first-order valence-corrected chi connectivity index (χ1v) is 9.23. The number of carbonyl (C=O) groups is 1. The largest absolute Gasteiger partial charge is 0.356 e. The number of aromatic nitrogens is 4. The van der Waals surface area contributed by atoms with E-state index in [1.165, 1.54) is 0 Å². The number of hydrogen-bond acceptors (Lipinski definition) is 5. The van der Waals surface area contributed by atoms with Crippen molar-refractivity contribution in [1.29, 1.82) is 0 Å². The summed E-state index contributed by atoms with van der Waals surface area (Å²) < 4.78 is 1.97. The molecular weight excluding hydrogens is 350 g/mol. The van der Waals surface area contributed by atoms with E-state index in [0.717, 1.165) is 16.2 Å². The molecule has 8 heteroatoms. The number of thiazole rings is 1. The molecule has 0 fully saturated rings. The molecule has 3 heterocycles. The summed E-state index contributed by atoms with van der Waals surface area (Å²) in [7, 11) is 0. The van der Waals surface area contributed by atoms with Gasteiger partial charge >= 0.3 is 0 Å². The fraction of sp³-hybridized carbons (Fsp3) is 0.222. The number of para-hydroxylation sites is 2. The van der Waals surface area contributed by atoms with Crippen LogP contribution in [-0.4, -0.2) is 31.8 Å². The Kier molecular flexibility index (Phi) is 4.49. The minimum Gasteiger partial charge on any atom is -0.356 e. The Morgan fingerprint density at radius 1 is 1.23 bits per heavy atom. The van der Waals surface area contributed by atoms with Crippen LogP contribution in [0.2, 0.25) is 0 Å². The highest BCUT2D eigenvalue weighted by Gasteiger charge is 2.09. The number of benzene rings is 1. The van der Waals surface area contributed by atoms with E-state index < -0.39 is 0 Å². The Balaban J connectivity index is 1.30. The zero-order chi connectivity index (χ0) is 17.9. The van der Waals surface area contributed by atoms with Crippen molar-refractivity contribution in [1.82, 2.24) is 24.7 Å². The van der Waals surface area contributed by atoms with Crippen LogP contribution in [0.25, 0.3) is 16.0 Å². The molecule has 7 nitrogen and oxygen atoms in total. The van der Waals surface area contributed by atoms with Gasteiger partial charge in [0.1, 0.15) is 5.69 Å². The van der Waals surface area contributed by atoms with Gasteiger partial charge in [-0.1, -0.05) is 12.1 Å². The van der Waals surface area contributed by atoms with Crippen molar-refractivity contribution in [2.24, 2.45) is 0 Å². The molecule has 0 aliphatic heterocycles. The predicted molar refractivity (Wildman–Crippen MR) is 100 cm³/mol. The molecule has 0 unspecified atom stereocenters. The van der Waals surface area contributed by atoms with Gasteiger partial charge in [-0.15, -0.1) is 11.3 Å². The molecule has 2 N–H and O–H groups in total. The molecule has 1 amide bonds. The number of nitrogens with one attached hydrogen (secondary N) is 2. The van der Waals surface area contributed by atoms with Gasteiger partial charge < -0.3 is 10.3 Å². The Morgan fingerprint density at radius 3 is 3.00 bits per heavy atom. The topological polar surface area (TPSA) is 92.1 Å². The molecule has 1 aromatic carbocycles. The molecule has 132 valence electrons. The SMILES string of the molecule is O=C(CCc1nc2ccccc2[nH]c1=O)NCCc1cn2ccsc2n1. The van der Waals surface area contributed by atoms with E-state index in [0.29, 0.717) is 30.6 Å². The van der Waals surface area contributed by atoms with Crippen LogP contribution in [0, 0.1) is 0 Å². The van der Waals surface area contributed by atoms with Gasteiger partial charge in [0, 0.05) is 43.6 Å². The minimum absolute atomic E-state index is 0.0969. The molecule has 3 aromatic heterocycles. The molecule has 0 saturated carbocycles. The molecule has 0 aliphatic rings. The lowest BCUT2D eigenvalue weighted by molar-refractivity contribution is -0.121. The average Bonchev–Trinajstić information content (AvgIpc) is 3.21. The molecule has 0 bridgehead atoms. The van der Waals surface area contributed by atoms with Gasteiger partial charge in [0.15, 0.2) is 4.96 Å². The zero-order valence-corrected chi connectivity index (χ0v) is 14.8. The third-order valence-corrected chi connectivity index (χ3v) is 4.88. The molecule has 0 aliphatic carbocycles. The van der Waals surface area contributed by atoms with Crippen LogP contribution in [0.1, 0.15) is 17.8 Å². The fourth-order valence-corrected chi connectivity index (χ4v) is 3.50. The van der Waals surface area contributed by atoms with Crippen molar-refractivity contribution >= 4 is 33.2 Å². The second-order valence-corrected chi connectivity index (χ2v) is 6.83. The van der Waals surface area contributed by atoms with E-state index in [2.05, 4.69) is 20.3 Å². The third kappa shape index (κ3) is 3.50. The standard InChI is InChI=1S/C18H17N5O2S/c24-16(19-8-7-12-11-23-9-10-26-18(23)20-12)6-5-15-17(25)22-14-4-2-1-3-13(14)21-15/h1-4,9-11H,5-8H2,(H,19,24)(H,22,25). The molecule has 4 rings (SSSR count). The van der Waals surface area contributed by atoms with Crippen molar-refractivity contribution in [3.05, 3.63) is 63.8 Å². The summed E-state index contributed by atoms with van der Waals surface area (Å²) >= 11 is 1.58. The lowest BCUT2D eigenvalue weighted by atomic mass is 10.2. The maximum atomic E-state index is 12.0. The molecule has 0 atom stereocenters. The van der Waals surface area contributed by atoms with Gasteiger partial charge in [0.2, 0.25) is 5.91 Å². The van der Waals surface area contributed by atoms with Crippen molar-refractivity contribution in [3.63, 3.8) is 0 Å². The van der Waals surface area contributed by atoms with Gasteiger partial charge in [0.25, 0.3) is 5.56 Å². The van der Waals surface area contributed by atoms with Crippen LogP contribution in [-0.2, 0) is 17.6 Å². The molecule has 4 aromatic rings. The van der Waals surface area contributed by atoms with Crippen LogP contribution < -0.4 is 10.9 Å². The van der Waals surface area contributed by atoms with E-state index in [9.17, 15) is 9.59 Å². The Morgan fingerprint density at radius 2 is 2.12 bits per heavy atom. The number of imidazole rings is 1. The summed E-state index contributed by atoms with van der Waals surface area (Å²) in [6.45, 7) is 0.519. The monoisotopic (exact) mass is 367 g/mol. The number of aryl methyl sites for hydroxylation is 1. The summed E-state index contributed by atoms with van der Waals surface area (Å²) in [4.78, 5) is 36.7. The van der Waals surface area contributed by atoms with Crippen LogP contribution in [0.15, 0.2) is 46.8 Å². The summed E-state index contributed by atoms with van der Waals surface area (Å²) in [5.74, 6) is -0.0969. The van der Waals surface area contributed by atoms with E-state index in [-0.39, 0.29) is 17.9 Å². The lowest BCUT2D eigenvalue weighted by Crippen LogP contribution is -2.27. The number of aromatic amines is 1. The minimum atomic E-state index is -0.241. The average molecular weight is 367 g/mol. The normalized spacial score (nSPS) is 11.2. The summed E-state index contributed by atoms with van der Waals surface area (Å²) in [5, 5.41) is 4.85. The van der Waals surface area contributed by atoms with Gasteiger partial charge in [-0.3, -0.25) is 14.0 Å². The summed E-state index contributed by atoms with van der Waals surface area (Å²) in [6.07, 6.45) is 5.15. The fourth-order valence-electron chi connectivity index (χ4n) is 2.78. The molecule has 0 saturated heterocycles. The Hall–Kier alpha value is -3.00. The quantitative estimate of drug-likeness (QED) is 0.545.